The highest BCUT2D eigenvalue weighted by Crippen LogP contribution is 2.30. The normalized spacial score (nSPS) is 14.6. The first-order chi connectivity index (χ1) is 18.0. The Balaban J connectivity index is 1.12. The van der Waals surface area contributed by atoms with Crippen molar-refractivity contribution in [3.8, 4) is 11.5 Å². The summed E-state index contributed by atoms with van der Waals surface area (Å²) in [7, 11) is 0. The van der Waals surface area contributed by atoms with Crippen LogP contribution in [0, 0.1) is 6.92 Å². The van der Waals surface area contributed by atoms with Gasteiger partial charge < -0.3 is 24.6 Å². The van der Waals surface area contributed by atoms with E-state index >= 15 is 0 Å². The third-order valence-corrected chi connectivity index (χ3v) is 6.59. The van der Waals surface area contributed by atoms with Crippen LogP contribution >= 0.6 is 12.2 Å². The number of carbonyl (C=O) groups excluding carboxylic acids is 2. The van der Waals surface area contributed by atoms with Crippen LogP contribution in [0.3, 0.4) is 0 Å². The van der Waals surface area contributed by atoms with Gasteiger partial charge in [0.1, 0.15) is 13.2 Å². The summed E-state index contributed by atoms with van der Waals surface area (Å²) in [6.07, 6.45) is 0. The van der Waals surface area contributed by atoms with E-state index in [1.165, 1.54) is 0 Å². The molecule has 3 aromatic carbocycles. The van der Waals surface area contributed by atoms with Gasteiger partial charge in [-0.1, -0.05) is 17.7 Å². The molecule has 0 unspecified atom stereocenters. The summed E-state index contributed by atoms with van der Waals surface area (Å²) in [6.45, 7) is 5.82. The Morgan fingerprint density at radius 3 is 2.16 bits per heavy atom. The molecule has 0 radical (unpaired) electrons. The minimum absolute atomic E-state index is 0.0750. The molecule has 2 amide bonds. The number of aryl methyl sites for hydroxylation is 1. The number of benzene rings is 3. The number of ether oxygens (including phenoxy) is 2. The van der Waals surface area contributed by atoms with E-state index < -0.39 is 0 Å². The van der Waals surface area contributed by atoms with E-state index in [2.05, 4.69) is 15.5 Å². The van der Waals surface area contributed by atoms with Crippen molar-refractivity contribution in [1.82, 2.24) is 10.2 Å². The van der Waals surface area contributed by atoms with Crippen molar-refractivity contribution < 1.29 is 19.1 Å². The highest BCUT2D eigenvalue weighted by molar-refractivity contribution is 7.80. The highest BCUT2D eigenvalue weighted by Gasteiger charge is 2.22. The van der Waals surface area contributed by atoms with Crippen LogP contribution in [0.5, 0.6) is 11.5 Å². The van der Waals surface area contributed by atoms with E-state index in [1.54, 1.807) is 18.2 Å². The van der Waals surface area contributed by atoms with E-state index in [-0.39, 0.29) is 16.9 Å². The van der Waals surface area contributed by atoms with Gasteiger partial charge in [0.15, 0.2) is 16.6 Å². The fourth-order valence-electron chi connectivity index (χ4n) is 4.32. The molecule has 0 aromatic heterocycles. The van der Waals surface area contributed by atoms with Gasteiger partial charge in [-0.15, -0.1) is 0 Å². The lowest BCUT2D eigenvalue weighted by Crippen LogP contribution is -2.48. The third-order valence-electron chi connectivity index (χ3n) is 6.39. The predicted octanol–water partition coefficient (Wildman–Crippen LogP) is 3.86. The molecule has 2 aliphatic heterocycles. The van der Waals surface area contributed by atoms with Crippen LogP contribution in [-0.4, -0.2) is 61.2 Å². The molecule has 0 atom stereocenters. The largest absolute Gasteiger partial charge is 0.486 e. The monoisotopic (exact) mass is 516 g/mol. The molecule has 0 spiro atoms. The molecule has 190 valence electrons. The molecule has 8 nitrogen and oxygen atoms in total. The Bertz CT molecular complexity index is 1300. The Kier molecular flexibility index (Phi) is 7.23. The number of rotatable bonds is 4. The topological polar surface area (TPSA) is 83.1 Å². The van der Waals surface area contributed by atoms with Gasteiger partial charge in [-0.3, -0.25) is 14.9 Å². The van der Waals surface area contributed by atoms with E-state index in [9.17, 15) is 9.59 Å². The van der Waals surface area contributed by atoms with Crippen LogP contribution in [0.15, 0.2) is 66.7 Å². The maximum absolute atomic E-state index is 12.8. The molecule has 2 aliphatic rings. The molecule has 1 fully saturated rings. The second kappa shape index (κ2) is 10.9. The quantitative estimate of drug-likeness (QED) is 0.510. The van der Waals surface area contributed by atoms with Crippen LogP contribution in [0.1, 0.15) is 26.3 Å². The van der Waals surface area contributed by atoms with Gasteiger partial charge in [-0.2, -0.15) is 0 Å². The Labute approximate surface area is 221 Å². The number of thiocarbonyl (C=S) groups is 1. The molecule has 9 heteroatoms. The average Bonchev–Trinajstić information content (AvgIpc) is 2.93. The number of fused-ring (bicyclic) bond motifs is 1. The SMILES string of the molecule is Cc1ccc(C(=O)N2CCN(c3ccc(NC(=S)NC(=O)c4ccc5c(c4)OCCO5)cc3)CC2)cc1. The molecular weight excluding hydrogens is 488 g/mol. The van der Waals surface area contributed by atoms with Crippen molar-refractivity contribution in [2.45, 2.75) is 6.92 Å². The first-order valence-corrected chi connectivity index (χ1v) is 12.6. The fourth-order valence-corrected chi connectivity index (χ4v) is 4.53. The summed E-state index contributed by atoms with van der Waals surface area (Å²) >= 11 is 5.33. The molecule has 0 saturated carbocycles. The molecule has 2 heterocycles. The second-order valence-corrected chi connectivity index (χ2v) is 9.37. The number of nitrogens with zero attached hydrogens (tertiary/aromatic N) is 2. The molecule has 0 aliphatic carbocycles. The van der Waals surface area contributed by atoms with Crippen molar-refractivity contribution in [1.29, 1.82) is 0 Å². The number of hydrogen-bond acceptors (Lipinski definition) is 6. The lowest BCUT2D eigenvalue weighted by atomic mass is 10.1. The predicted molar refractivity (Wildman–Crippen MR) is 147 cm³/mol. The maximum atomic E-state index is 12.8. The van der Waals surface area contributed by atoms with Crippen molar-refractivity contribution >= 4 is 40.5 Å². The minimum Gasteiger partial charge on any atom is -0.486 e. The summed E-state index contributed by atoms with van der Waals surface area (Å²) < 4.78 is 11.0. The van der Waals surface area contributed by atoms with Gasteiger partial charge in [0.05, 0.1) is 0 Å². The van der Waals surface area contributed by atoms with Crippen molar-refractivity contribution in [3.05, 3.63) is 83.4 Å². The van der Waals surface area contributed by atoms with Gasteiger partial charge in [0, 0.05) is 48.7 Å². The van der Waals surface area contributed by atoms with E-state index in [0.717, 1.165) is 35.6 Å². The highest BCUT2D eigenvalue weighted by atomic mass is 32.1. The second-order valence-electron chi connectivity index (χ2n) is 8.96. The summed E-state index contributed by atoms with van der Waals surface area (Å²) in [4.78, 5) is 29.5. The molecule has 1 saturated heterocycles. The van der Waals surface area contributed by atoms with Gasteiger partial charge in [0.25, 0.3) is 11.8 Å². The number of piperazine rings is 1. The molecule has 3 aromatic rings. The molecule has 37 heavy (non-hydrogen) atoms. The molecule has 5 rings (SSSR count). The summed E-state index contributed by atoms with van der Waals surface area (Å²) in [5, 5.41) is 5.95. The lowest BCUT2D eigenvalue weighted by Gasteiger charge is -2.36. The standard InChI is InChI=1S/C28H28N4O4S/c1-19-2-4-20(5-3-19)27(34)32-14-12-31(13-15-32)23-9-7-22(8-10-23)29-28(37)30-26(33)21-6-11-24-25(18-21)36-17-16-35-24/h2-11,18H,12-17H2,1H3,(H2,29,30,33,37). The number of nitrogens with one attached hydrogen (secondary N) is 2. The van der Waals surface area contributed by atoms with E-state index in [4.69, 9.17) is 21.7 Å². The van der Waals surface area contributed by atoms with Gasteiger partial charge in [-0.05, 0) is 73.7 Å². The van der Waals surface area contributed by atoms with Gasteiger partial charge in [0.2, 0.25) is 0 Å². The van der Waals surface area contributed by atoms with Crippen molar-refractivity contribution in [2.24, 2.45) is 0 Å². The first-order valence-electron chi connectivity index (χ1n) is 12.2. The number of carbonyl (C=O) groups is 2. The van der Waals surface area contributed by atoms with E-state index in [0.29, 0.717) is 43.4 Å². The Morgan fingerprint density at radius 1 is 0.811 bits per heavy atom. The summed E-state index contributed by atoms with van der Waals surface area (Å²) in [5.74, 6) is 0.923. The Hall–Kier alpha value is -4.11. The van der Waals surface area contributed by atoms with Crippen LogP contribution in [0.25, 0.3) is 0 Å². The van der Waals surface area contributed by atoms with E-state index in [1.807, 2.05) is 60.4 Å². The zero-order chi connectivity index (χ0) is 25.8. The lowest BCUT2D eigenvalue weighted by molar-refractivity contribution is 0.0746. The number of anilines is 2. The minimum atomic E-state index is -0.329. The van der Waals surface area contributed by atoms with Crippen molar-refractivity contribution in [3.63, 3.8) is 0 Å². The average molecular weight is 517 g/mol. The molecule has 0 bridgehead atoms. The molecular formula is C28H28N4O4S. The van der Waals surface area contributed by atoms with Crippen LogP contribution in [-0.2, 0) is 0 Å². The van der Waals surface area contributed by atoms with Crippen LogP contribution < -0.4 is 25.0 Å². The van der Waals surface area contributed by atoms with Gasteiger partial charge in [-0.25, -0.2) is 0 Å². The number of hydrogen-bond donors (Lipinski definition) is 2. The first kappa shape index (κ1) is 24.6. The Morgan fingerprint density at radius 2 is 1.46 bits per heavy atom. The number of amides is 2. The van der Waals surface area contributed by atoms with Crippen LogP contribution in [0.2, 0.25) is 0 Å². The zero-order valence-corrected chi connectivity index (χ0v) is 21.3. The van der Waals surface area contributed by atoms with Gasteiger partial charge >= 0.3 is 0 Å². The maximum Gasteiger partial charge on any atom is 0.257 e. The summed E-state index contributed by atoms with van der Waals surface area (Å²) in [5.41, 5.74) is 4.14. The molecule has 2 N–H and O–H groups in total. The van der Waals surface area contributed by atoms with Crippen LogP contribution in [0.4, 0.5) is 11.4 Å². The smallest absolute Gasteiger partial charge is 0.257 e. The fraction of sp³-hybridized carbons (Fsp3) is 0.250. The summed E-state index contributed by atoms with van der Waals surface area (Å²) in [6, 6.07) is 20.6. The third kappa shape index (κ3) is 5.83. The van der Waals surface area contributed by atoms with Crippen molar-refractivity contribution in [2.75, 3.05) is 49.6 Å². The zero-order valence-electron chi connectivity index (χ0n) is 20.5.